The predicted molar refractivity (Wildman–Crippen MR) is 159 cm³/mol. The van der Waals surface area contributed by atoms with Gasteiger partial charge in [0, 0.05) is 34.6 Å². The molecular formula is C27H27IN2O7S2. The van der Waals surface area contributed by atoms with E-state index in [-0.39, 0.29) is 27.7 Å². The van der Waals surface area contributed by atoms with Crippen LogP contribution >= 0.6 is 22.6 Å². The second-order valence-electron chi connectivity index (χ2n) is 9.63. The van der Waals surface area contributed by atoms with Gasteiger partial charge in [0.15, 0.2) is 0 Å². The molecule has 0 spiro atoms. The number of amides is 1. The summed E-state index contributed by atoms with van der Waals surface area (Å²) < 4.78 is 57.8. The summed E-state index contributed by atoms with van der Waals surface area (Å²) >= 11 is 1.98. The van der Waals surface area contributed by atoms with Crippen molar-refractivity contribution in [1.29, 1.82) is 0 Å². The van der Waals surface area contributed by atoms with Gasteiger partial charge in [-0.1, -0.05) is 60.7 Å². The summed E-state index contributed by atoms with van der Waals surface area (Å²) in [4.78, 5) is 26.3. The molecule has 4 rings (SSSR count). The normalized spacial score (nSPS) is 19.6. The molecule has 0 aliphatic carbocycles. The standard InChI is InChI=1S/C27H27IN2O7S2/c1-27(2)20-16-18(29-25(31)17-28)12-13-21(20)30(14-7-15-38(33,34)35)24(27)11-6-5-10-23-26(32)19-8-3-4-9-22(19)39(23,36)37/h3-6,8-13,16H,7,14-15,17H2,1-2H3,(H,29,31)(H,33,34,35). The number of carbonyl (C=O) groups is 2. The molecule has 2 heterocycles. The highest BCUT2D eigenvalue weighted by atomic mass is 127. The van der Waals surface area contributed by atoms with E-state index >= 15 is 0 Å². The number of ketones is 1. The van der Waals surface area contributed by atoms with Crippen LogP contribution in [0.25, 0.3) is 0 Å². The van der Waals surface area contributed by atoms with E-state index in [0.717, 1.165) is 16.9 Å². The fraction of sp³-hybridized carbons (Fsp3) is 0.259. The molecule has 2 aromatic carbocycles. The van der Waals surface area contributed by atoms with Gasteiger partial charge in [0.25, 0.3) is 10.1 Å². The van der Waals surface area contributed by atoms with Gasteiger partial charge in [-0.2, -0.15) is 8.42 Å². The van der Waals surface area contributed by atoms with E-state index in [1.807, 2.05) is 53.5 Å². The average Bonchev–Trinajstić information content (AvgIpc) is 3.19. The number of fused-ring (bicyclic) bond motifs is 2. The molecular weight excluding hydrogens is 655 g/mol. The van der Waals surface area contributed by atoms with E-state index in [9.17, 15) is 31.0 Å². The third-order valence-electron chi connectivity index (χ3n) is 6.63. The Kier molecular flexibility index (Phi) is 8.22. The molecule has 0 saturated heterocycles. The number of nitrogens with one attached hydrogen (secondary N) is 1. The molecule has 0 saturated carbocycles. The Labute approximate surface area is 241 Å². The Morgan fingerprint density at radius 1 is 1.13 bits per heavy atom. The SMILES string of the molecule is CC1(C)C(=CC=CC=C2C(=O)c3ccccc3S2(=O)=O)N(CCCS(=O)(=O)O)c2ccc(NC(=O)CI)cc21. The molecule has 2 N–H and O–H groups in total. The number of Topliss-reactive ketones (excluding diaryl/α,β-unsaturated/α-hetero) is 1. The van der Waals surface area contributed by atoms with Crippen molar-refractivity contribution < 1.29 is 31.0 Å². The number of alkyl halides is 1. The molecule has 2 aliphatic rings. The third kappa shape index (κ3) is 5.88. The summed E-state index contributed by atoms with van der Waals surface area (Å²) in [5, 5.41) is 2.85. The number of nitrogens with zero attached hydrogens (tertiary/aromatic N) is 1. The van der Waals surface area contributed by atoms with Crippen LogP contribution < -0.4 is 10.2 Å². The van der Waals surface area contributed by atoms with Crippen molar-refractivity contribution in [3.8, 4) is 0 Å². The highest BCUT2D eigenvalue weighted by molar-refractivity contribution is 14.1. The maximum Gasteiger partial charge on any atom is 0.264 e. The summed E-state index contributed by atoms with van der Waals surface area (Å²) in [5.41, 5.74) is 2.74. The molecule has 0 unspecified atom stereocenters. The Balaban J connectivity index is 1.68. The van der Waals surface area contributed by atoms with Crippen molar-refractivity contribution in [2.75, 3.05) is 26.9 Å². The predicted octanol–water partition coefficient (Wildman–Crippen LogP) is 4.43. The van der Waals surface area contributed by atoms with E-state index in [0.29, 0.717) is 16.7 Å². The van der Waals surface area contributed by atoms with Gasteiger partial charge in [-0.25, -0.2) is 8.42 Å². The van der Waals surface area contributed by atoms with E-state index in [2.05, 4.69) is 5.32 Å². The summed E-state index contributed by atoms with van der Waals surface area (Å²) in [6.45, 7) is 4.26. The molecule has 39 heavy (non-hydrogen) atoms. The van der Waals surface area contributed by atoms with Gasteiger partial charge in [-0.3, -0.25) is 14.1 Å². The first kappa shape index (κ1) is 29.2. The van der Waals surface area contributed by atoms with Crippen molar-refractivity contribution in [2.45, 2.75) is 30.6 Å². The summed E-state index contributed by atoms with van der Waals surface area (Å²) in [5.74, 6) is -1.09. The summed E-state index contributed by atoms with van der Waals surface area (Å²) in [6.07, 6.45) is 6.36. The lowest BCUT2D eigenvalue weighted by Gasteiger charge is -2.27. The molecule has 0 aromatic heterocycles. The minimum absolute atomic E-state index is 0.00384. The largest absolute Gasteiger partial charge is 0.344 e. The monoisotopic (exact) mass is 682 g/mol. The lowest BCUT2D eigenvalue weighted by Crippen LogP contribution is -2.28. The van der Waals surface area contributed by atoms with Crippen LogP contribution in [0.1, 0.15) is 36.2 Å². The highest BCUT2D eigenvalue weighted by Gasteiger charge is 2.40. The number of anilines is 2. The quantitative estimate of drug-likeness (QED) is 0.181. The minimum Gasteiger partial charge on any atom is -0.344 e. The number of rotatable bonds is 8. The Bertz CT molecular complexity index is 1660. The lowest BCUT2D eigenvalue weighted by molar-refractivity contribution is -0.113. The smallest absolute Gasteiger partial charge is 0.264 e. The number of allylic oxidation sites excluding steroid dienone is 6. The van der Waals surface area contributed by atoms with Crippen LogP contribution in [0.15, 0.2) is 82.3 Å². The number of hydrogen-bond donors (Lipinski definition) is 2. The van der Waals surface area contributed by atoms with Gasteiger partial charge in [-0.05, 0) is 54.5 Å². The second kappa shape index (κ2) is 11.0. The molecule has 0 radical (unpaired) electrons. The van der Waals surface area contributed by atoms with Gasteiger partial charge in [0.2, 0.25) is 21.5 Å². The maximum atomic E-state index is 12.8. The van der Waals surface area contributed by atoms with Crippen LogP contribution in [0, 0.1) is 0 Å². The van der Waals surface area contributed by atoms with Gasteiger partial charge in [0.1, 0.15) is 4.91 Å². The zero-order valence-corrected chi connectivity index (χ0v) is 25.0. The van der Waals surface area contributed by atoms with Crippen molar-refractivity contribution in [1.82, 2.24) is 0 Å². The van der Waals surface area contributed by atoms with E-state index in [1.165, 1.54) is 24.3 Å². The van der Waals surface area contributed by atoms with Crippen molar-refractivity contribution >= 4 is 65.6 Å². The first-order valence-electron chi connectivity index (χ1n) is 12.0. The molecule has 2 aliphatic heterocycles. The average molecular weight is 683 g/mol. The Hall–Kier alpha value is -2.81. The fourth-order valence-electron chi connectivity index (χ4n) is 4.81. The lowest BCUT2D eigenvalue weighted by atomic mass is 9.83. The highest BCUT2D eigenvalue weighted by Crippen LogP contribution is 2.48. The zero-order valence-electron chi connectivity index (χ0n) is 21.2. The number of hydrogen-bond acceptors (Lipinski definition) is 7. The van der Waals surface area contributed by atoms with Crippen LogP contribution in [0.2, 0.25) is 0 Å². The first-order chi connectivity index (χ1) is 18.3. The van der Waals surface area contributed by atoms with Crippen molar-refractivity contribution in [3.05, 3.63) is 88.5 Å². The minimum atomic E-state index is -4.14. The van der Waals surface area contributed by atoms with Gasteiger partial charge in [-0.15, -0.1) is 0 Å². The van der Waals surface area contributed by atoms with E-state index < -0.39 is 36.9 Å². The van der Waals surface area contributed by atoms with Crippen LogP contribution in [0.4, 0.5) is 11.4 Å². The summed E-state index contributed by atoms with van der Waals surface area (Å²) in [6, 6.07) is 11.6. The maximum absolute atomic E-state index is 12.8. The summed E-state index contributed by atoms with van der Waals surface area (Å²) in [7, 11) is -8.04. The number of benzene rings is 2. The van der Waals surface area contributed by atoms with E-state index in [1.54, 1.807) is 30.4 Å². The second-order valence-corrected chi connectivity index (χ2v) is 13.8. The van der Waals surface area contributed by atoms with Gasteiger partial charge in [0.05, 0.1) is 15.1 Å². The van der Waals surface area contributed by atoms with Crippen LogP contribution in [0.5, 0.6) is 0 Å². The molecule has 0 bridgehead atoms. The number of carbonyl (C=O) groups excluding carboxylic acids is 2. The molecule has 12 heteroatoms. The van der Waals surface area contributed by atoms with Crippen molar-refractivity contribution in [2.24, 2.45) is 0 Å². The molecule has 0 fully saturated rings. The molecule has 206 valence electrons. The fourth-order valence-corrected chi connectivity index (χ4v) is 7.05. The molecule has 2 aromatic rings. The van der Waals surface area contributed by atoms with Crippen LogP contribution in [0.3, 0.4) is 0 Å². The van der Waals surface area contributed by atoms with Gasteiger partial charge >= 0.3 is 0 Å². The van der Waals surface area contributed by atoms with Gasteiger partial charge < -0.3 is 10.2 Å². The first-order valence-corrected chi connectivity index (χ1v) is 16.6. The molecule has 0 atom stereocenters. The van der Waals surface area contributed by atoms with Crippen LogP contribution in [-0.4, -0.2) is 49.8 Å². The third-order valence-corrected chi connectivity index (χ3v) is 9.96. The molecule has 1 amide bonds. The zero-order chi connectivity index (χ0) is 28.6. The number of halogens is 1. The van der Waals surface area contributed by atoms with E-state index in [4.69, 9.17) is 0 Å². The topological polar surface area (TPSA) is 138 Å². The molecule has 9 nitrogen and oxygen atoms in total. The Morgan fingerprint density at radius 3 is 2.49 bits per heavy atom. The number of sulfone groups is 1. The Morgan fingerprint density at radius 2 is 1.82 bits per heavy atom. The van der Waals surface area contributed by atoms with Crippen molar-refractivity contribution in [3.63, 3.8) is 0 Å². The van der Waals surface area contributed by atoms with Crippen LogP contribution in [-0.2, 0) is 30.2 Å².